The fourth-order valence-electron chi connectivity index (χ4n) is 4.91. The number of rotatable bonds is 6. The summed E-state index contributed by atoms with van der Waals surface area (Å²) in [6.45, 7) is 4.71. The molecule has 1 atom stereocenters. The standard InChI is InChI=1S/C26H30N4O/c31-26(27-19-24(29-14-6-7-15-29)20-10-2-1-3-11-20)22-18-21-12-4-5-13-23(21)28-25(22)30-16-8-9-17-30/h1-5,10-13,18,24H,6-9,14-17,19H2,(H,27,31). The summed E-state index contributed by atoms with van der Waals surface area (Å²) < 4.78 is 0. The number of aromatic nitrogens is 1. The van der Waals surface area contributed by atoms with E-state index in [0.29, 0.717) is 12.1 Å². The van der Waals surface area contributed by atoms with E-state index < -0.39 is 0 Å². The Balaban J connectivity index is 1.41. The molecule has 5 nitrogen and oxygen atoms in total. The van der Waals surface area contributed by atoms with Gasteiger partial charge >= 0.3 is 0 Å². The second kappa shape index (κ2) is 9.06. The van der Waals surface area contributed by atoms with E-state index in [2.05, 4.69) is 39.4 Å². The van der Waals surface area contributed by atoms with Gasteiger partial charge in [-0.2, -0.15) is 0 Å². The van der Waals surface area contributed by atoms with Gasteiger partial charge < -0.3 is 10.2 Å². The summed E-state index contributed by atoms with van der Waals surface area (Å²) in [5, 5.41) is 4.26. The maximum Gasteiger partial charge on any atom is 0.255 e. The molecule has 2 saturated heterocycles. The molecule has 0 aliphatic carbocycles. The van der Waals surface area contributed by atoms with Crippen LogP contribution in [0.15, 0.2) is 60.7 Å². The fraction of sp³-hybridized carbons (Fsp3) is 0.385. The van der Waals surface area contributed by atoms with Crippen molar-refractivity contribution in [3.05, 3.63) is 71.8 Å². The monoisotopic (exact) mass is 414 g/mol. The number of hydrogen-bond acceptors (Lipinski definition) is 4. The topological polar surface area (TPSA) is 48.5 Å². The van der Waals surface area contributed by atoms with Gasteiger partial charge in [0.05, 0.1) is 17.1 Å². The molecule has 5 rings (SSSR count). The quantitative estimate of drug-likeness (QED) is 0.649. The first kappa shape index (κ1) is 20.0. The number of likely N-dealkylation sites (tertiary alicyclic amines) is 1. The summed E-state index contributed by atoms with van der Waals surface area (Å²) in [6.07, 6.45) is 4.76. The minimum absolute atomic E-state index is 0.0275. The third-order valence-electron chi connectivity index (χ3n) is 6.58. The van der Waals surface area contributed by atoms with Crippen LogP contribution in [0.2, 0.25) is 0 Å². The van der Waals surface area contributed by atoms with E-state index in [4.69, 9.17) is 4.98 Å². The van der Waals surface area contributed by atoms with Gasteiger partial charge in [0.1, 0.15) is 5.82 Å². The van der Waals surface area contributed by atoms with E-state index in [1.54, 1.807) is 0 Å². The average Bonchev–Trinajstić information content (AvgIpc) is 3.54. The molecular formula is C26H30N4O. The van der Waals surface area contributed by atoms with Crippen LogP contribution in [0.3, 0.4) is 0 Å². The number of nitrogens with zero attached hydrogens (tertiary/aromatic N) is 3. The lowest BCUT2D eigenvalue weighted by Gasteiger charge is -2.28. The zero-order valence-electron chi connectivity index (χ0n) is 18.0. The molecule has 3 heterocycles. The molecule has 2 fully saturated rings. The largest absolute Gasteiger partial charge is 0.356 e. The molecule has 3 aromatic rings. The summed E-state index contributed by atoms with van der Waals surface area (Å²) >= 11 is 0. The number of amides is 1. The Kier molecular flexibility index (Phi) is 5.85. The van der Waals surface area contributed by atoms with E-state index in [-0.39, 0.29) is 11.9 Å². The van der Waals surface area contributed by atoms with Crippen molar-refractivity contribution < 1.29 is 4.79 Å². The predicted octanol–water partition coefficient (Wildman–Crippen LogP) is 4.40. The van der Waals surface area contributed by atoms with Gasteiger partial charge in [0.2, 0.25) is 0 Å². The Hall–Kier alpha value is -2.92. The molecule has 2 aromatic carbocycles. The van der Waals surface area contributed by atoms with Gasteiger partial charge in [-0.15, -0.1) is 0 Å². The van der Waals surface area contributed by atoms with Gasteiger partial charge in [0, 0.05) is 25.0 Å². The number of fused-ring (bicyclic) bond motifs is 1. The van der Waals surface area contributed by atoms with Crippen molar-refractivity contribution in [3.63, 3.8) is 0 Å². The van der Waals surface area contributed by atoms with Crippen molar-refractivity contribution in [3.8, 4) is 0 Å². The van der Waals surface area contributed by atoms with Crippen molar-refractivity contribution in [2.24, 2.45) is 0 Å². The number of carbonyl (C=O) groups excluding carboxylic acids is 1. The highest BCUT2D eigenvalue weighted by Gasteiger charge is 2.26. The van der Waals surface area contributed by atoms with Crippen molar-refractivity contribution in [2.45, 2.75) is 31.7 Å². The van der Waals surface area contributed by atoms with Crippen molar-refractivity contribution in [1.29, 1.82) is 0 Å². The van der Waals surface area contributed by atoms with E-state index >= 15 is 0 Å². The third-order valence-corrected chi connectivity index (χ3v) is 6.58. The second-order valence-corrected chi connectivity index (χ2v) is 8.63. The van der Waals surface area contributed by atoms with E-state index in [9.17, 15) is 4.79 Å². The number of para-hydroxylation sites is 1. The van der Waals surface area contributed by atoms with Gasteiger partial charge in [-0.1, -0.05) is 48.5 Å². The number of hydrogen-bond donors (Lipinski definition) is 1. The normalized spacial score (nSPS) is 17.9. The summed E-state index contributed by atoms with van der Waals surface area (Å²) in [5.41, 5.74) is 2.90. The zero-order valence-corrected chi connectivity index (χ0v) is 18.0. The molecule has 2 aliphatic heterocycles. The molecule has 2 aliphatic rings. The first-order valence-corrected chi connectivity index (χ1v) is 11.5. The van der Waals surface area contributed by atoms with Crippen LogP contribution >= 0.6 is 0 Å². The lowest BCUT2D eigenvalue weighted by atomic mass is 10.1. The lowest BCUT2D eigenvalue weighted by molar-refractivity contribution is 0.0938. The minimum Gasteiger partial charge on any atom is -0.356 e. The predicted molar refractivity (Wildman–Crippen MR) is 126 cm³/mol. The molecular weight excluding hydrogens is 384 g/mol. The van der Waals surface area contributed by atoms with Crippen LogP contribution in [-0.4, -0.2) is 48.5 Å². The molecule has 1 N–H and O–H groups in total. The molecule has 0 spiro atoms. The lowest BCUT2D eigenvalue weighted by Crippen LogP contribution is -2.37. The summed E-state index contributed by atoms with van der Waals surface area (Å²) in [7, 11) is 0. The number of nitrogens with one attached hydrogen (secondary N) is 1. The summed E-state index contributed by atoms with van der Waals surface area (Å²) in [4.78, 5) is 23.1. The third kappa shape index (κ3) is 4.28. The van der Waals surface area contributed by atoms with Crippen LogP contribution < -0.4 is 10.2 Å². The number of anilines is 1. The molecule has 0 radical (unpaired) electrons. The first-order chi connectivity index (χ1) is 15.3. The van der Waals surface area contributed by atoms with Crippen LogP contribution in [0, 0.1) is 0 Å². The second-order valence-electron chi connectivity index (χ2n) is 8.63. The maximum atomic E-state index is 13.4. The number of benzene rings is 2. The van der Waals surface area contributed by atoms with Crippen molar-refractivity contribution in [2.75, 3.05) is 37.6 Å². The average molecular weight is 415 g/mol. The molecule has 31 heavy (non-hydrogen) atoms. The molecule has 1 unspecified atom stereocenters. The highest BCUT2D eigenvalue weighted by atomic mass is 16.1. The molecule has 0 bridgehead atoms. The van der Waals surface area contributed by atoms with Crippen molar-refractivity contribution >= 4 is 22.6 Å². The zero-order chi connectivity index (χ0) is 21.0. The van der Waals surface area contributed by atoms with Gasteiger partial charge in [-0.05, 0) is 56.5 Å². The van der Waals surface area contributed by atoms with Crippen LogP contribution in [0.1, 0.15) is 47.6 Å². The molecule has 0 saturated carbocycles. The van der Waals surface area contributed by atoms with Crippen LogP contribution in [-0.2, 0) is 0 Å². The van der Waals surface area contributed by atoms with Gasteiger partial charge in [-0.3, -0.25) is 9.69 Å². The number of pyridine rings is 1. The Morgan fingerprint density at radius 3 is 2.35 bits per heavy atom. The molecule has 1 amide bonds. The molecule has 160 valence electrons. The maximum absolute atomic E-state index is 13.4. The van der Waals surface area contributed by atoms with E-state index in [0.717, 1.165) is 55.7 Å². The first-order valence-electron chi connectivity index (χ1n) is 11.5. The minimum atomic E-state index is -0.0275. The molecule has 5 heteroatoms. The van der Waals surface area contributed by atoms with Gasteiger partial charge in [-0.25, -0.2) is 4.98 Å². The smallest absolute Gasteiger partial charge is 0.255 e. The summed E-state index contributed by atoms with van der Waals surface area (Å²) in [6, 6.07) is 20.8. The molecule has 1 aromatic heterocycles. The Morgan fingerprint density at radius 1 is 0.903 bits per heavy atom. The van der Waals surface area contributed by atoms with Crippen LogP contribution in [0.5, 0.6) is 0 Å². The van der Waals surface area contributed by atoms with E-state index in [1.165, 1.54) is 18.4 Å². The van der Waals surface area contributed by atoms with Crippen LogP contribution in [0.4, 0.5) is 5.82 Å². The highest BCUT2D eigenvalue weighted by Crippen LogP contribution is 2.28. The Bertz CT molecular complexity index is 1040. The Labute approximate surface area is 184 Å². The highest BCUT2D eigenvalue weighted by molar-refractivity contribution is 6.02. The number of carbonyl (C=O) groups is 1. The SMILES string of the molecule is O=C(NCC(c1ccccc1)N1CCCC1)c1cc2ccccc2nc1N1CCCC1. The Morgan fingerprint density at radius 2 is 1.58 bits per heavy atom. The summed E-state index contributed by atoms with van der Waals surface area (Å²) in [5.74, 6) is 0.798. The fourth-order valence-corrected chi connectivity index (χ4v) is 4.91. The van der Waals surface area contributed by atoms with E-state index in [1.807, 2.05) is 36.4 Å². The van der Waals surface area contributed by atoms with Gasteiger partial charge in [0.25, 0.3) is 5.91 Å². The van der Waals surface area contributed by atoms with Crippen LogP contribution in [0.25, 0.3) is 10.9 Å². The van der Waals surface area contributed by atoms with Gasteiger partial charge in [0.15, 0.2) is 0 Å². The van der Waals surface area contributed by atoms with Crippen molar-refractivity contribution in [1.82, 2.24) is 15.2 Å².